The van der Waals surface area contributed by atoms with Crippen molar-refractivity contribution in [2.45, 2.75) is 37.3 Å². The molecule has 208 valence electrons. The average Bonchev–Trinajstić information content (AvgIpc) is 2.98. The lowest BCUT2D eigenvalue weighted by Crippen LogP contribution is -2.30. The van der Waals surface area contributed by atoms with Gasteiger partial charge in [-0.2, -0.15) is 0 Å². The number of carbonyl (C=O) groups is 3. The zero-order valence-corrected chi connectivity index (χ0v) is 24.1. The third kappa shape index (κ3) is 8.43. The van der Waals surface area contributed by atoms with Crippen LogP contribution in [0.2, 0.25) is 0 Å². The zero-order valence-electron chi connectivity index (χ0n) is 23.3. The molecule has 3 N–H and O–H groups in total. The molecule has 0 saturated carbocycles. The topological polar surface area (TPSA) is 87.3 Å². The number of hydrogen-bond acceptors (Lipinski definition) is 4. The average molecular weight is 564 g/mol. The maximum atomic E-state index is 13.4. The maximum absolute atomic E-state index is 13.4. The van der Waals surface area contributed by atoms with E-state index in [4.69, 9.17) is 0 Å². The smallest absolute Gasteiger partial charge is 0.272 e. The zero-order chi connectivity index (χ0) is 29.2. The Morgan fingerprint density at radius 2 is 1.51 bits per heavy atom. The minimum absolute atomic E-state index is 0.0758. The number of nitrogens with one attached hydrogen (secondary N) is 3. The van der Waals surface area contributed by atoms with Gasteiger partial charge in [-0.1, -0.05) is 79.2 Å². The standard InChI is InChI=1S/C34H33N3O3S/c1-4-31(34(40)36-29-16-9-8-11-24(29)3)41-28-15-10-14-27(22-28)35-33(39)30(21-25-19-17-23(2)18-20-25)37-32(38)26-12-6-5-7-13-26/h5-22,31H,4H2,1-3H3,(H,35,39)(H,36,40)(H,37,38)/b30-21-. The van der Waals surface area contributed by atoms with Gasteiger partial charge in [0.1, 0.15) is 5.70 Å². The van der Waals surface area contributed by atoms with Crippen molar-refractivity contribution in [1.82, 2.24) is 5.32 Å². The molecule has 4 aromatic carbocycles. The van der Waals surface area contributed by atoms with Gasteiger partial charge in [-0.25, -0.2) is 0 Å². The van der Waals surface area contributed by atoms with Gasteiger partial charge in [0.15, 0.2) is 0 Å². The predicted octanol–water partition coefficient (Wildman–Crippen LogP) is 7.22. The molecule has 7 heteroatoms. The Bertz CT molecular complexity index is 1550. The minimum Gasteiger partial charge on any atom is -0.325 e. The number of hydrogen-bond donors (Lipinski definition) is 3. The molecule has 0 aliphatic heterocycles. The Hall–Kier alpha value is -4.62. The van der Waals surface area contributed by atoms with E-state index in [0.29, 0.717) is 17.7 Å². The molecule has 0 aliphatic carbocycles. The highest BCUT2D eigenvalue weighted by Crippen LogP contribution is 2.29. The second kappa shape index (κ2) is 14.1. The number of aryl methyl sites for hydroxylation is 2. The highest BCUT2D eigenvalue weighted by molar-refractivity contribution is 8.00. The van der Waals surface area contributed by atoms with Crippen LogP contribution in [0.1, 0.15) is 40.4 Å². The summed E-state index contributed by atoms with van der Waals surface area (Å²) in [5.41, 5.74) is 4.78. The van der Waals surface area contributed by atoms with Crippen LogP contribution in [0.3, 0.4) is 0 Å². The van der Waals surface area contributed by atoms with Gasteiger partial charge in [0.25, 0.3) is 11.8 Å². The Balaban J connectivity index is 1.50. The SMILES string of the molecule is CCC(Sc1cccc(NC(=O)/C(=C/c2ccc(C)cc2)NC(=O)c2ccccc2)c1)C(=O)Nc1ccccc1C. The number of para-hydroxylation sites is 1. The van der Waals surface area contributed by atoms with Crippen LogP contribution in [0.15, 0.2) is 114 Å². The van der Waals surface area contributed by atoms with Crippen LogP contribution in [-0.4, -0.2) is 23.0 Å². The summed E-state index contributed by atoms with van der Waals surface area (Å²) >= 11 is 1.44. The van der Waals surface area contributed by atoms with E-state index in [-0.39, 0.29) is 22.8 Å². The quantitative estimate of drug-likeness (QED) is 0.140. The summed E-state index contributed by atoms with van der Waals surface area (Å²) in [5, 5.41) is 8.38. The van der Waals surface area contributed by atoms with Crippen LogP contribution < -0.4 is 16.0 Å². The second-order valence-corrected chi connectivity index (χ2v) is 10.9. The summed E-state index contributed by atoms with van der Waals surface area (Å²) in [6, 6.07) is 31.4. The molecule has 6 nitrogen and oxygen atoms in total. The van der Waals surface area contributed by atoms with Crippen molar-refractivity contribution in [2.24, 2.45) is 0 Å². The van der Waals surface area contributed by atoms with E-state index in [0.717, 1.165) is 27.3 Å². The number of carbonyl (C=O) groups excluding carboxylic acids is 3. The van der Waals surface area contributed by atoms with Crippen LogP contribution in [0.5, 0.6) is 0 Å². The fourth-order valence-corrected chi connectivity index (χ4v) is 5.04. The first kappa shape index (κ1) is 29.4. The van der Waals surface area contributed by atoms with Crippen LogP contribution in [0, 0.1) is 13.8 Å². The van der Waals surface area contributed by atoms with Crippen molar-refractivity contribution in [3.63, 3.8) is 0 Å². The number of amides is 3. The molecule has 1 atom stereocenters. The first-order valence-corrected chi connectivity index (χ1v) is 14.3. The Kier molecular flexibility index (Phi) is 10.1. The van der Waals surface area contributed by atoms with E-state index in [9.17, 15) is 14.4 Å². The lowest BCUT2D eigenvalue weighted by molar-refractivity contribution is -0.116. The van der Waals surface area contributed by atoms with Gasteiger partial charge in [0, 0.05) is 21.8 Å². The van der Waals surface area contributed by atoms with Crippen LogP contribution >= 0.6 is 11.8 Å². The van der Waals surface area contributed by atoms with E-state index in [1.807, 2.05) is 93.6 Å². The molecular formula is C34H33N3O3S. The molecule has 1 unspecified atom stereocenters. The lowest BCUT2D eigenvalue weighted by Gasteiger charge is -2.17. The molecule has 3 amide bonds. The Morgan fingerprint density at radius 1 is 0.805 bits per heavy atom. The first-order chi connectivity index (χ1) is 19.8. The monoisotopic (exact) mass is 563 g/mol. The first-order valence-electron chi connectivity index (χ1n) is 13.4. The van der Waals surface area contributed by atoms with Crippen LogP contribution in [0.25, 0.3) is 6.08 Å². The largest absolute Gasteiger partial charge is 0.325 e. The fraction of sp³-hybridized carbons (Fsp3) is 0.147. The van der Waals surface area contributed by atoms with E-state index in [2.05, 4.69) is 16.0 Å². The summed E-state index contributed by atoms with van der Waals surface area (Å²) in [6.07, 6.45) is 2.28. The molecule has 41 heavy (non-hydrogen) atoms. The number of anilines is 2. The van der Waals surface area contributed by atoms with Gasteiger partial charge < -0.3 is 16.0 Å². The highest BCUT2D eigenvalue weighted by atomic mass is 32.2. The molecule has 0 aromatic heterocycles. The van der Waals surface area contributed by atoms with E-state index in [1.165, 1.54) is 11.8 Å². The summed E-state index contributed by atoms with van der Waals surface area (Å²) in [5.74, 6) is -0.914. The van der Waals surface area contributed by atoms with E-state index >= 15 is 0 Å². The molecule has 4 rings (SSSR count). The summed E-state index contributed by atoms with van der Waals surface area (Å²) in [6.45, 7) is 5.91. The van der Waals surface area contributed by atoms with Crippen molar-refractivity contribution < 1.29 is 14.4 Å². The minimum atomic E-state index is -0.457. The summed E-state index contributed by atoms with van der Waals surface area (Å²) < 4.78 is 0. The van der Waals surface area contributed by atoms with Gasteiger partial charge in [-0.05, 0) is 73.9 Å². The molecule has 0 heterocycles. The van der Waals surface area contributed by atoms with Gasteiger partial charge >= 0.3 is 0 Å². The van der Waals surface area contributed by atoms with E-state index < -0.39 is 5.91 Å². The molecule has 4 aromatic rings. The van der Waals surface area contributed by atoms with Gasteiger partial charge in [-0.15, -0.1) is 11.8 Å². The molecule has 0 bridgehead atoms. The maximum Gasteiger partial charge on any atom is 0.272 e. The van der Waals surface area contributed by atoms with Gasteiger partial charge in [0.05, 0.1) is 5.25 Å². The van der Waals surface area contributed by atoms with Crippen molar-refractivity contribution in [1.29, 1.82) is 0 Å². The second-order valence-electron chi connectivity index (χ2n) is 9.59. The summed E-state index contributed by atoms with van der Waals surface area (Å²) in [7, 11) is 0. The number of benzene rings is 4. The number of rotatable bonds is 10. The van der Waals surface area contributed by atoms with Gasteiger partial charge in [-0.3, -0.25) is 14.4 Å². The molecule has 0 saturated heterocycles. The van der Waals surface area contributed by atoms with Crippen molar-refractivity contribution in [3.8, 4) is 0 Å². The molecular weight excluding hydrogens is 530 g/mol. The summed E-state index contributed by atoms with van der Waals surface area (Å²) in [4.78, 5) is 40.2. The molecule has 0 aliphatic rings. The lowest BCUT2D eigenvalue weighted by atomic mass is 10.1. The van der Waals surface area contributed by atoms with Crippen molar-refractivity contribution >= 4 is 46.9 Å². The normalized spacial score (nSPS) is 11.8. The van der Waals surface area contributed by atoms with Crippen molar-refractivity contribution in [2.75, 3.05) is 10.6 Å². The Morgan fingerprint density at radius 3 is 2.22 bits per heavy atom. The van der Waals surface area contributed by atoms with Crippen LogP contribution in [-0.2, 0) is 9.59 Å². The van der Waals surface area contributed by atoms with Crippen molar-refractivity contribution in [3.05, 3.63) is 131 Å². The predicted molar refractivity (Wildman–Crippen MR) is 168 cm³/mol. The third-order valence-corrected chi connectivity index (χ3v) is 7.71. The molecule has 0 radical (unpaired) electrons. The van der Waals surface area contributed by atoms with Gasteiger partial charge in [0.2, 0.25) is 5.91 Å². The highest BCUT2D eigenvalue weighted by Gasteiger charge is 2.20. The molecule has 0 spiro atoms. The number of thioether (sulfide) groups is 1. The fourth-order valence-electron chi connectivity index (χ4n) is 4.03. The Labute approximate surface area is 245 Å². The van der Waals surface area contributed by atoms with E-state index in [1.54, 1.807) is 36.4 Å². The third-order valence-electron chi connectivity index (χ3n) is 6.35. The molecule has 0 fully saturated rings. The van der Waals surface area contributed by atoms with Crippen LogP contribution in [0.4, 0.5) is 11.4 Å².